The van der Waals surface area contributed by atoms with Crippen molar-refractivity contribution in [3.05, 3.63) is 63.6 Å². The molecule has 1 atom stereocenters. The molecule has 21 heavy (non-hydrogen) atoms. The van der Waals surface area contributed by atoms with Gasteiger partial charge in [0.15, 0.2) is 0 Å². The Kier molecular flexibility index (Phi) is 5.57. The fourth-order valence-corrected chi connectivity index (χ4v) is 3.20. The van der Waals surface area contributed by atoms with Crippen molar-refractivity contribution in [2.24, 2.45) is 0 Å². The summed E-state index contributed by atoms with van der Waals surface area (Å²) in [7, 11) is 0. The summed E-state index contributed by atoms with van der Waals surface area (Å²) in [6, 6.07) is 12.6. The summed E-state index contributed by atoms with van der Waals surface area (Å²) in [5.41, 5.74) is 1.51. The average molecular weight is 340 g/mol. The lowest BCUT2D eigenvalue weighted by Gasteiger charge is -2.17. The molecule has 0 saturated carbocycles. The van der Waals surface area contributed by atoms with Crippen LogP contribution in [0, 0.1) is 0 Å². The fourth-order valence-electron chi connectivity index (χ4n) is 2.04. The molecule has 2 nitrogen and oxygen atoms in total. The molecule has 0 radical (unpaired) electrons. The highest BCUT2D eigenvalue weighted by Crippen LogP contribution is 2.27. The molecule has 1 amide bonds. The Labute approximate surface area is 138 Å². The van der Waals surface area contributed by atoms with E-state index in [1.54, 1.807) is 23.9 Å². The molecule has 0 unspecified atom stereocenters. The predicted octanol–water partition coefficient (Wildman–Crippen LogP) is 5.21. The Bertz CT molecular complexity index is 660. The molecule has 0 aliphatic carbocycles. The Hall–Kier alpha value is -1.16. The van der Waals surface area contributed by atoms with Crippen molar-refractivity contribution in [3.8, 4) is 0 Å². The van der Waals surface area contributed by atoms with Gasteiger partial charge in [-0.15, -0.1) is 11.8 Å². The van der Waals surface area contributed by atoms with Crippen molar-refractivity contribution in [1.29, 1.82) is 0 Å². The molecule has 0 fully saturated rings. The van der Waals surface area contributed by atoms with Crippen LogP contribution in [-0.4, -0.2) is 12.2 Å². The van der Waals surface area contributed by atoms with E-state index in [1.807, 2.05) is 43.5 Å². The molecule has 0 aliphatic rings. The molecule has 0 bridgehead atoms. The van der Waals surface area contributed by atoms with Gasteiger partial charge in [-0.05, 0) is 43.0 Å². The van der Waals surface area contributed by atoms with Gasteiger partial charge in [0.25, 0.3) is 5.91 Å². The summed E-state index contributed by atoms with van der Waals surface area (Å²) in [4.78, 5) is 13.3. The number of hydrogen-bond donors (Lipinski definition) is 1. The average Bonchev–Trinajstić information content (AvgIpc) is 2.46. The van der Waals surface area contributed by atoms with Gasteiger partial charge in [0.05, 0.1) is 11.6 Å². The van der Waals surface area contributed by atoms with E-state index < -0.39 is 0 Å². The van der Waals surface area contributed by atoms with Crippen LogP contribution in [0.15, 0.2) is 47.4 Å². The van der Waals surface area contributed by atoms with Crippen LogP contribution in [0.2, 0.25) is 10.0 Å². The number of benzene rings is 2. The van der Waals surface area contributed by atoms with Crippen LogP contribution < -0.4 is 5.32 Å². The minimum absolute atomic E-state index is 0.113. The number of nitrogens with one attached hydrogen (secondary N) is 1. The lowest BCUT2D eigenvalue weighted by atomic mass is 10.1. The fraction of sp³-hybridized carbons (Fsp3) is 0.188. The van der Waals surface area contributed by atoms with Crippen LogP contribution >= 0.6 is 35.0 Å². The summed E-state index contributed by atoms with van der Waals surface area (Å²) in [5.74, 6) is -0.113. The van der Waals surface area contributed by atoms with Crippen LogP contribution in [0.3, 0.4) is 0 Å². The Morgan fingerprint density at radius 3 is 2.57 bits per heavy atom. The number of hydrogen-bond acceptors (Lipinski definition) is 2. The second kappa shape index (κ2) is 7.21. The molecule has 0 spiro atoms. The van der Waals surface area contributed by atoms with Crippen LogP contribution in [0.4, 0.5) is 0 Å². The SMILES string of the molecule is CSc1ccccc1C(=O)N[C@H](C)c1ccc(Cl)cc1Cl. The second-order valence-electron chi connectivity index (χ2n) is 4.56. The van der Waals surface area contributed by atoms with Gasteiger partial charge in [-0.1, -0.05) is 41.4 Å². The minimum Gasteiger partial charge on any atom is -0.345 e. The highest BCUT2D eigenvalue weighted by atomic mass is 35.5. The van der Waals surface area contributed by atoms with Gasteiger partial charge >= 0.3 is 0 Å². The molecule has 5 heteroatoms. The summed E-state index contributed by atoms with van der Waals surface area (Å²) >= 11 is 13.6. The highest BCUT2D eigenvalue weighted by Gasteiger charge is 2.16. The third-order valence-electron chi connectivity index (χ3n) is 3.13. The van der Waals surface area contributed by atoms with E-state index in [0.29, 0.717) is 15.6 Å². The Morgan fingerprint density at radius 2 is 1.90 bits per heavy atom. The Balaban J connectivity index is 2.19. The standard InChI is InChI=1S/C16H15Cl2NOS/c1-10(12-8-7-11(17)9-14(12)18)19-16(20)13-5-3-4-6-15(13)21-2/h3-10H,1-2H3,(H,19,20)/t10-/m1/s1. The lowest BCUT2D eigenvalue weighted by molar-refractivity contribution is 0.0937. The van der Waals surface area contributed by atoms with Crippen molar-refractivity contribution >= 4 is 40.9 Å². The minimum atomic E-state index is -0.197. The number of halogens is 2. The van der Waals surface area contributed by atoms with Gasteiger partial charge in [-0.3, -0.25) is 4.79 Å². The maximum Gasteiger partial charge on any atom is 0.252 e. The van der Waals surface area contributed by atoms with E-state index >= 15 is 0 Å². The van der Waals surface area contributed by atoms with E-state index in [1.165, 1.54) is 0 Å². The number of carbonyl (C=O) groups excluding carboxylic acids is 1. The highest BCUT2D eigenvalue weighted by molar-refractivity contribution is 7.98. The molecule has 0 aliphatic heterocycles. The molecular weight excluding hydrogens is 325 g/mol. The summed E-state index contributed by atoms with van der Waals surface area (Å²) < 4.78 is 0. The summed E-state index contributed by atoms with van der Waals surface area (Å²) in [6.07, 6.45) is 1.95. The van der Waals surface area contributed by atoms with Crippen molar-refractivity contribution in [1.82, 2.24) is 5.32 Å². The zero-order chi connectivity index (χ0) is 15.4. The van der Waals surface area contributed by atoms with E-state index in [-0.39, 0.29) is 11.9 Å². The number of rotatable bonds is 4. The second-order valence-corrected chi connectivity index (χ2v) is 6.25. The molecule has 110 valence electrons. The maximum atomic E-state index is 12.4. The van der Waals surface area contributed by atoms with Crippen molar-refractivity contribution in [2.45, 2.75) is 17.9 Å². The van der Waals surface area contributed by atoms with E-state index in [9.17, 15) is 4.79 Å². The number of carbonyl (C=O) groups is 1. The van der Waals surface area contributed by atoms with Gasteiger partial charge in [-0.25, -0.2) is 0 Å². The van der Waals surface area contributed by atoms with Gasteiger partial charge in [0, 0.05) is 14.9 Å². The monoisotopic (exact) mass is 339 g/mol. The van der Waals surface area contributed by atoms with Crippen molar-refractivity contribution in [2.75, 3.05) is 6.26 Å². The van der Waals surface area contributed by atoms with Gasteiger partial charge in [-0.2, -0.15) is 0 Å². The maximum absolute atomic E-state index is 12.4. The molecule has 2 rings (SSSR count). The van der Waals surface area contributed by atoms with Crippen LogP contribution in [0.1, 0.15) is 28.9 Å². The lowest BCUT2D eigenvalue weighted by Crippen LogP contribution is -2.27. The van der Waals surface area contributed by atoms with Gasteiger partial charge in [0.1, 0.15) is 0 Å². The summed E-state index contributed by atoms with van der Waals surface area (Å²) in [5, 5.41) is 4.10. The third-order valence-corrected chi connectivity index (χ3v) is 4.49. The molecular formula is C16H15Cl2NOS. The zero-order valence-corrected chi connectivity index (χ0v) is 14.0. The molecule has 0 aromatic heterocycles. The third kappa shape index (κ3) is 3.94. The molecule has 2 aromatic rings. The van der Waals surface area contributed by atoms with Gasteiger partial charge < -0.3 is 5.32 Å². The molecule has 0 saturated heterocycles. The Morgan fingerprint density at radius 1 is 1.19 bits per heavy atom. The summed E-state index contributed by atoms with van der Waals surface area (Å²) in [6.45, 7) is 1.90. The zero-order valence-electron chi connectivity index (χ0n) is 11.7. The quantitative estimate of drug-likeness (QED) is 0.775. The topological polar surface area (TPSA) is 29.1 Å². The first-order chi connectivity index (χ1) is 10.0. The first-order valence-corrected chi connectivity index (χ1v) is 8.40. The number of thioether (sulfide) groups is 1. The number of amides is 1. The van der Waals surface area contributed by atoms with Crippen molar-refractivity contribution < 1.29 is 4.79 Å². The normalized spacial score (nSPS) is 12.0. The van der Waals surface area contributed by atoms with Crippen LogP contribution in [-0.2, 0) is 0 Å². The van der Waals surface area contributed by atoms with E-state index in [4.69, 9.17) is 23.2 Å². The predicted molar refractivity (Wildman–Crippen MR) is 90.6 cm³/mol. The van der Waals surface area contributed by atoms with Crippen molar-refractivity contribution in [3.63, 3.8) is 0 Å². The van der Waals surface area contributed by atoms with E-state index in [0.717, 1.165) is 10.5 Å². The van der Waals surface area contributed by atoms with Crippen LogP contribution in [0.25, 0.3) is 0 Å². The van der Waals surface area contributed by atoms with Crippen LogP contribution in [0.5, 0.6) is 0 Å². The largest absolute Gasteiger partial charge is 0.345 e. The first kappa shape index (κ1) is 16.2. The first-order valence-electron chi connectivity index (χ1n) is 6.41. The molecule has 0 heterocycles. The molecule has 1 N–H and O–H groups in total. The van der Waals surface area contributed by atoms with Gasteiger partial charge in [0.2, 0.25) is 0 Å². The van der Waals surface area contributed by atoms with E-state index in [2.05, 4.69) is 5.32 Å². The molecule has 2 aromatic carbocycles. The smallest absolute Gasteiger partial charge is 0.252 e.